The molecular weight excluding hydrogens is 429 g/mol. The normalized spacial score (nSPS) is 13.9. The van der Waals surface area contributed by atoms with Crippen molar-refractivity contribution in [1.29, 1.82) is 5.41 Å². The van der Waals surface area contributed by atoms with E-state index in [1.165, 1.54) is 23.5 Å². The van der Waals surface area contributed by atoms with Crippen LogP contribution in [-0.4, -0.2) is 34.5 Å². The molecule has 8 heteroatoms. The Hall–Kier alpha value is -3.52. The molecule has 1 aromatic heterocycles. The monoisotopic (exact) mass is 451 g/mol. The number of aromatic nitrogens is 1. The standard InChI is InChI=1S/C24H22FN3O3S/c1-14(2)31-21(30)11-15-3-9-18(10-4-15)28-12-20(29)22(23(28)26)24-27-19(13-32-24)16-5-7-17(25)8-6-16/h3-10,13-14,26,29H,11-12H2,1-2H3. The lowest BCUT2D eigenvalue weighted by Gasteiger charge is -2.19. The van der Waals surface area contributed by atoms with E-state index in [2.05, 4.69) is 4.98 Å². The van der Waals surface area contributed by atoms with Gasteiger partial charge in [0.05, 0.1) is 30.3 Å². The summed E-state index contributed by atoms with van der Waals surface area (Å²) in [7, 11) is 0. The summed E-state index contributed by atoms with van der Waals surface area (Å²) in [4.78, 5) is 18.1. The summed E-state index contributed by atoms with van der Waals surface area (Å²) in [5.74, 6) is -0.390. The summed E-state index contributed by atoms with van der Waals surface area (Å²) in [5.41, 5.74) is 3.35. The van der Waals surface area contributed by atoms with Gasteiger partial charge < -0.3 is 14.7 Å². The molecule has 0 bridgehead atoms. The molecule has 4 rings (SSSR count). The highest BCUT2D eigenvalue weighted by atomic mass is 32.1. The van der Waals surface area contributed by atoms with Crippen molar-refractivity contribution in [3.05, 3.63) is 76.1 Å². The molecule has 2 N–H and O–H groups in total. The molecule has 0 atom stereocenters. The van der Waals surface area contributed by atoms with Gasteiger partial charge in [-0.15, -0.1) is 11.3 Å². The number of nitrogens with zero attached hydrogens (tertiary/aromatic N) is 2. The van der Waals surface area contributed by atoms with Crippen LogP contribution in [0.25, 0.3) is 16.8 Å². The van der Waals surface area contributed by atoms with E-state index in [4.69, 9.17) is 10.1 Å². The lowest BCUT2D eigenvalue weighted by molar-refractivity contribution is -0.146. The second-order valence-corrected chi connectivity index (χ2v) is 8.54. The number of nitrogens with one attached hydrogen (secondary N) is 1. The van der Waals surface area contributed by atoms with Crippen molar-refractivity contribution in [2.24, 2.45) is 0 Å². The maximum absolute atomic E-state index is 13.2. The lowest BCUT2D eigenvalue weighted by atomic mass is 10.1. The highest BCUT2D eigenvalue weighted by molar-refractivity contribution is 7.11. The number of aliphatic hydroxyl groups is 1. The molecule has 0 spiro atoms. The number of halogens is 1. The fourth-order valence-corrected chi connectivity index (χ4v) is 4.33. The molecule has 6 nitrogen and oxygen atoms in total. The fraction of sp³-hybridized carbons (Fsp3) is 0.208. The Bertz CT molecular complexity index is 1180. The molecule has 1 aliphatic heterocycles. The van der Waals surface area contributed by atoms with Gasteiger partial charge in [-0.1, -0.05) is 12.1 Å². The van der Waals surface area contributed by atoms with Gasteiger partial charge in [0.1, 0.15) is 22.4 Å². The fourth-order valence-electron chi connectivity index (χ4n) is 3.43. The van der Waals surface area contributed by atoms with E-state index in [1.54, 1.807) is 17.0 Å². The summed E-state index contributed by atoms with van der Waals surface area (Å²) >= 11 is 1.32. The van der Waals surface area contributed by atoms with Crippen LogP contribution in [0.2, 0.25) is 0 Å². The van der Waals surface area contributed by atoms with Crippen LogP contribution in [0.15, 0.2) is 59.7 Å². The quantitative estimate of drug-likeness (QED) is 0.503. The number of aliphatic hydroxyl groups excluding tert-OH is 1. The minimum Gasteiger partial charge on any atom is -0.510 e. The van der Waals surface area contributed by atoms with Crippen LogP contribution in [0, 0.1) is 11.2 Å². The molecule has 164 valence electrons. The van der Waals surface area contributed by atoms with Gasteiger partial charge in [0.2, 0.25) is 0 Å². The van der Waals surface area contributed by atoms with Crippen LogP contribution in [0.4, 0.5) is 10.1 Å². The van der Waals surface area contributed by atoms with Gasteiger partial charge in [0.25, 0.3) is 0 Å². The zero-order valence-corrected chi connectivity index (χ0v) is 18.4. The minimum absolute atomic E-state index is 0.0691. The van der Waals surface area contributed by atoms with Gasteiger partial charge in [-0.2, -0.15) is 0 Å². The predicted molar refractivity (Wildman–Crippen MR) is 124 cm³/mol. The molecular formula is C24H22FN3O3S. The van der Waals surface area contributed by atoms with Gasteiger partial charge in [0, 0.05) is 16.6 Å². The van der Waals surface area contributed by atoms with Crippen LogP contribution >= 0.6 is 11.3 Å². The number of carbonyl (C=O) groups is 1. The maximum Gasteiger partial charge on any atom is 0.310 e. The van der Waals surface area contributed by atoms with Crippen molar-refractivity contribution >= 4 is 34.4 Å². The number of amidine groups is 1. The zero-order chi connectivity index (χ0) is 22.8. The molecule has 0 unspecified atom stereocenters. The molecule has 0 fully saturated rings. The number of benzene rings is 2. The van der Waals surface area contributed by atoms with E-state index < -0.39 is 0 Å². The van der Waals surface area contributed by atoms with E-state index >= 15 is 0 Å². The first kappa shape index (κ1) is 21.7. The van der Waals surface area contributed by atoms with Crippen molar-refractivity contribution in [1.82, 2.24) is 4.98 Å². The lowest BCUT2D eigenvalue weighted by Crippen LogP contribution is -2.26. The van der Waals surface area contributed by atoms with Crippen molar-refractivity contribution in [3.63, 3.8) is 0 Å². The number of carbonyl (C=O) groups excluding carboxylic acids is 1. The topological polar surface area (TPSA) is 86.5 Å². The molecule has 0 amide bonds. The third-order valence-corrected chi connectivity index (χ3v) is 5.78. The van der Waals surface area contributed by atoms with Gasteiger partial charge in [-0.3, -0.25) is 10.2 Å². The average molecular weight is 452 g/mol. The Morgan fingerprint density at radius 1 is 1.22 bits per heavy atom. The minimum atomic E-state index is -0.319. The maximum atomic E-state index is 13.2. The summed E-state index contributed by atoms with van der Waals surface area (Å²) in [5, 5.41) is 21.5. The summed E-state index contributed by atoms with van der Waals surface area (Å²) < 4.78 is 18.4. The number of hydrogen-bond acceptors (Lipinski definition) is 6. The molecule has 1 aliphatic rings. The molecule has 0 saturated heterocycles. The van der Waals surface area contributed by atoms with Crippen LogP contribution in [0.5, 0.6) is 0 Å². The Kier molecular flexibility index (Phi) is 6.05. The van der Waals surface area contributed by atoms with Gasteiger partial charge >= 0.3 is 5.97 Å². The first-order valence-electron chi connectivity index (χ1n) is 10.1. The zero-order valence-electron chi connectivity index (χ0n) is 17.6. The van der Waals surface area contributed by atoms with Crippen molar-refractivity contribution in [3.8, 4) is 11.3 Å². The molecule has 0 saturated carbocycles. The smallest absolute Gasteiger partial charge is 0.310 e. The van der Waals surface area contributed by atoms with E-state index in [0.29, 0.717) is 16.3 Å². The number of ether oxygens (including phenoxy) is 1. The van der Waals surface area contributed by atoms with Gasteiger partial charge in [-0.05, 0) is 55.8 Å². The number of anilines is 1. The first-order chi connectivity index (χ1) is 15.3. The van der Waals surface area contributed by atoms with Crippen LogP contribution < -0.4 is 4.90 Å². The van der Waals surface area contributed by atoms with E-state index in [1.807, 2.05) is 43.5 Å². The van der Waals surface area contributed by atoms with E-state index in [-0.39, 0.29) is 42.5 Å². The largest absolute Gasteiger partial charge is 0.510 e. The van der Waals surface area contributed by atoms with E-state index in [0.717, 1.165) is 16.8 Å². The number of hydrogen-bond donors (Lipinski definition) is 2. The first-order valence-corrected chi connectivity index (χ1v) is 11.0. The third-order valence-electron chi connectivity index (χ3n) is 4.92. The number of thiazole rings is 1. The van der Waals surface area contributed by atoms with E-state index in [9.17, 15) is 14.3 Å². The van der Waals surface area contributed by atoms with Crippen molar-refractivity contribution in [2.45, 2.75) is 26.4 Å². The Morgan fingerprint density at radius 3 is 2.56 bits per heavy atom. The Labute approximate surface area is 189 Å². The number of esters is 1. The van der Waals surface area contributed by atoms with Gasteiger partial charge in [0.15, 0.2) is 0 Å². The Morgan fingerprint density at radius 2 is 1.91 bits per heavy atom. The molecule has 32 heavy (non-hydrogen) atoms. The summed E-state index contributed by atoms with van der Waals surface area (Å²) in [6, 6.07) is 13.3. The second-order valence-electron chi connectivity index (χ2n) is 7.68. The molecule has 0 aliphatic carbocycles. The van der Waals surface area contributed by atoms with Gasteiger partial charge in [-0.25, -0.2) is 9.37 Å². The Balaban J connectivity index is 1.49. The SMILES string of the molecule is CC(C)OC(=O)Cc1ccc(N2CC(O)=C(c3nc(-c4ccc(F)cc4)cs3)C2=N)cc1. The van der Waals surface area contributed by atoms with Crippen LogP contribution in [0.1, 0.15) is 24.4 Å². The summed E-state index contributed by atoms with van der Waals surface area (Å²) in [6.45, 7) is 3.78. The van der Waals surface area contributed by atoms with Crippen molar-refractivity contribution in [2.75, 3.05) is 11.4 Å². The molecule has 0 radical (unpaired) electrons. The highest BCUT2D eigenvalue weighted by Gasteiger charge is 2.31. The number of rotatable bonds is 6. The molecule has 3 aromatic rings. The van der Waals surface area contributed by atoms with Crippen molar-refractivity contribution < 1.29 is 19.0 Å². The van der Waals surface area contributed by atoms with Crippen LogP contribution in [-0.2, 0) is 16.0 Å². The third kappa shape index (κ3) is 4.55. The molecule has 2 aromatic carbocycles. The second kappa shape index (κ2) is 8.92. The molecule has 2 heterocycles. The average Bonchev–Trinajstić information content (AvgIpc) is 3.33. The van der Waals surface area contributed by atoms with Crippen LogP contribution in [0.3, 0.4) is 0 Å². The highest BCUT2D eigenvalue weighted by Crippen LogP contribution is 2.34. The predicted octanol–water partition coefficient (Wildman–Crippen LogP) is 5.21. The summed E-state index contributed by atoms with van der Waals surface area (Å²) in [6.07, 6.45) is 0.0180.